The molecule has 0 bridgehead atoms. The maximum Gasteiger partial charge on any atom is -0.0103 e. The van der Waals surface area contributed by atoms with Crippen LogP contribution in [0.2, 0.25) is 0 Å². The van der Waals surface area contributed by atoms with Gasteiger partial charge in [-0.05, 0) is 18.5 Å². The third kappa shape index (κ3) is 2.42. The smallest absolute Gasteiger partial charge is 0.0103 e. The highest BCUT2D eigenvalue weighted by atomic mass is 14.5. The summed E-state index contributed by atoms with van der Waals surface area (Å²) >= 11 is 0. The van der Waals surface area contributed by atoms with Crippen LogP contribution in [0.25, 0.3) is 0 Å². The standard InChI is InChI=1S/C9H17N/c10-8-4-7-9-5-2-1-3-6-9/h4,8-9H,1-3,5-7,10H2/b8-4-. The summed E-state index contributed by atoms with van der Waals surface area (Å²) in [6, 6.07) is 0. The lowest BCUT2D eigenvalue weighted by Crippen LogP contribution is -2.04. The van der Waals surface area contributed by atoms with Crippen LogP contribution in [0.1, 0.15) is 38.5 Å². The molecule has 58 valence electrons. The molecule has 2 N–H and O–H groups in total. The molecule has 0 aliphatic heterocycles. The molecule has 1 rings (SSSR count). The summed E-state index contributed by atoms with van der Waals surface area (Å²) in [4.78, 5) is 0. The van der Waals surface area contributed by atoms with E-state index in [-0.39, 0.29) is 0 Å². The SMILES string of the molecule is N/C=C\CC1CCCCC1. The quantitative estimate of drug-likeness (QED) is 0.624. The minimum Gasteiger partial charge on any atom is -0.405 e. The third-order valence-electron chi connectivity index (χ3n) is 2.33. The molecule has 0 atom stereocenters. The molecule has 1 aliphatic carbocycles. The number of hydrogen-bond acceptors (Lipinski definition) is 1. The van der Waals surface area contributed by atoms with E-state index >= 15 is 0 Å². The van der Waals surface area contributed by atoms with Gasteiger partial charge in [-0.25, -0.2) is 0 Å². The van der Waals surface area contributed by atoms with Crippen molar-refractivity contribution in [3.8, 4) is 0 Å². The minimum atomic E-state index is 0.938. The van der Waals surface area contributed by atoms with Crippen molar-refractivity contribution in [3.63, 3.8) is 0 Å². The van der Waals surface area contributed by atoms with Gasteiger partial charge in [-0.1, -0.05) is 38.2 Å². The van der Waals surface area contributed by atoms with E-state index in [0.29, 0.717) is 0 Å². The Labute approximate surface area is 63.3 Å². The largest absolute Gasteiger partial charge is 0.405 e. The summed E-state index contributed by atoms with van der Waals surface area (Å²) < 4.78 is 0. The van der Waals surface area contributed by atoms with E-state index in [2.05, 4.69) is 6.08 Å². The summed E-state index contributed by atoms with van der Waals surface area (Å²) in [5.74, 6) is 0.938. The Morgan fingerprint density at radius 3 is 2.50 bits per heavy atom. The fraction of sp³-hybridized carbons (Fsp3) is 0.778. The van der Waals surface area contributed by atoms with Gasteiger partial charge in [-0.15, -0.1) is 0 Å². The van der Waals surface area contributed by atoms with Crippen molar-refractivity contribution in [2.75, 3.05) is 0 Å². The second-order valence-corrected chi connectivity index (χ2v) is 3.17. The van der Waals surface area contributed by atoms with E-state index in [4.69, 9.17) is 5.73 Å². The highest BCUT2D eigenvalue weighted by Gasteiger charge is 2.10. The Morgan fingerprint density at radius 1 is 1.20 bits per heavy atom. The fourth-order valence-electron chi connectivity index (χ4n) is 1.69. The summed E-state index contributed by atoms with van der Waals surface area (Å²) in [5, 5.41) is 0. The molecule has 1 saturated carbocycles. The van der Waals surface area contributed by atoms with Gasteiger partial charge in [0.15, 0.2) is 0 Å². The van der Waals surface area contributed by atoms with Gasteiger partial charge in [0, 0.05) is 0 Å². The van der Waals surface area contributed by atoms with Crippen molar-refractivity contribution < 1.29 is 0 Å². The Morgan fingerprint density at radius 2 is 1.90 bits per heavy atom. The zero-order valence-corrected chi connectivity index (χ0v) is 6.55. The molecule has 0 unspecified atom stereocenters. The normalized spacial score (nSPS) is 22.0. The highest BCUT2D eigenvalue weighted by Crippen LogP contribution is 2.26. The van der Waals surface area contributed by atoms with Gasteiger partial charge >= 0.3 is 0 Å². The van der Waals surface area contributed by atoms with E-state index in [9.17, 15) is 0 Å². The lowest BCUT2D eigenvalue weighted by molar-refractivity contribution is 0.361. The summed E-state index contributed by atoms with van der Waals surface area (Å²) in [6.45, 7) is 0. The maximum atomic E-state index is 5.27. The van der Waals surface area contributed by atoms with Gasteiger partial charge in [-0.3, -0.25) is 0 Å². The van der Waals surface area contributed by atoms with Crippen molar-refractivity contribution in [2.24, 2.45) is 11.7 Å². The first-order valence-electron chi connectivity index (χ1n) is 4.30. The summed E-state index contributed by atoms with van der Waals surface area (Å²) in [5.41, 5.74) is 5.27. The van der Waals surface area contributed by atoms with Gasteiger partial charge in [-0.2, -0.15) is 0 Å². The van der Waals surface area contributed by atoms with Crippen LogP contribution in [-0.2, 0) is 0 Å². The van der Waals surface area contributed by atoms with Crippen LogP contribution in [0.4, 0.5) is 0 Å². The Bertz CT molecular complexity index is 101. The zero-order valence-electron chi connectivity index (χ0n) is 6.55. The van der Waals surface area contributed by atoms with E-state index in [1.54, 1.807) is 6.20 Å². The first kappa shape index (κ1) is 7.64. The van der Waals surface area contributed by atoms with E-state index in [1.165, 1.54) is 38.5 Å². The molecule has 1 fully saturated rings. The van der Waals surface area contributed by atoms with E-state index in [0.717, 1.165) is 5.92 Å². The maximum absolute atomic E-state index is 5.27. The number of hydrogen-bond donors (Lipinski definition) is 1. The topological polar surface area (TPSA) is 26.0 Å². The summed E-state index contributed by atoms with van der Waals surface area (Å²) in [7, 11) is 0. The zero-order chi connectivity index (χ0) is 7.23. The van der Waals surface area contributed by atoms with E-state index < -0.39 is 0 Å². The van der Waals surface area contributed by atoms with Gasteiger partial charge in [0.25, 0.3) is 0 Å². The number of rotatable bonds is 2. The van der Waals surface area contributed by atoms with Crippen LogP contribution in [-0.4, -0.2) is 0 Å². The Kier molecular flexibility index (Phi) is 3.34. The minimum absolute atomic E-state index is 0.938. The average molecular weight is 139 g/mol. The second kappa shape index (κ2) is 4.37. The van der Waals surface area contributed by atoms with Crippen LogP contribution in [0.5, 0.6) is 0 Å². The van der Waals surface area contributed by atoms with Gasteiger partial charge in [0.1, 0.15) is 0 Å². The predicted octanol–water partition coefficient (Wildman–Crippen LogP) is 2.43. The summed E-state index contributed by atoms with van der Waals surface area (Å²) in [6.07, 6.45) is 12.1. The van der Waals surface area contributed by atoms with Gasteiger partial charge < -0.3 is 5.73 Å². The van der Waals surface area contributed by atoms with Crippen molar-refractivity contribution >= 4 is 0 Å². The lowest BCUT2D eigenvalue weighted by Gasteiger charge is -2.19. The van der Waals surface area contributed by atoms with Crippen molar-refractivity contribution in [1.82, 2.24) is 0 Å². The van der Waals surface area contributed by atoms with Crippen molar-refractivity contribution in [3.05, 3.63) is 12.3 Å². The predicted molar refractivity (Wildman–Crippen MR) is 44.5 cm³/mol. The fourth-order valence-corrected chi connectivity index (χ4v) is 1.69. The van der Waals surface area contributed by atoms with Crippen LogP contribution < -0.4 is 5.73 Å². The second-order valence-electron chi connectivity index (χ2n) is 3.17. The van der Waals surface area contributed by atoms with Gasteiger partial charge in [0.2, 0.25) is 0 Å². The third-order valence-corrected chi connectivity index (χ3v) is 2.33. The van der Waals surface area contributed by atoms with Crippen molar-refractivity contribution in [1.29, 1.82) is 0 Å². The molecule has 0 amide bonds. The number of allylic oxidation sites excluding steroid dienone is 1. The van der Waals surface area contributed by atoms with Crippen LogP contribution in [0.3, 0.4) is 0 Å². The van der Waals surface area contributed by atoms with Crippen LogP contribution >= 0.6 is 0 Å². The molecule has 0 radical (unpaired) electrons. The van der Waals surface area contributed by atoms with Crippen molar-refractivity contribution in [2.45, 2.75) is 38.5 Å². The molecule has 1 aliphatic rings. The molecule has 0 spiro atoms. The van der Waals surface area contributed by atoms with Crippen LogP contribution in [0, 0.1) is 5.92 Å². The molecular weight excluding hydrogens is 122 g/mol. The molecule has 0 aromatic rings. The molecule has 10 heavy (non-hydrogen) atoms. The highest BCUT2D eigenvalue weighted by molar-refractivity contribution is 4.80. The molecule has 1 nitrogen and oxygen atoms in total. The lowest BCUT2D eigenvalue weighted by atomic mass is 9.87. The molecule has 0 aromatic heterocycles. The average Bonchev–Trinajstić information content (AvgIpc) is 2.03. The first-order chi connectivity index (χ1) is 4.93. The van der Waals surface area contributed by atoms with Crippen LogP contribution in [0.15, 0.2) is 12.3 Å². The molecule has 0 saturated heterocycles. The first-order valence-corrected chi connectivity index (χ1v) is 4.30. The molecular formula is C9H17N. The molecule has 0 aromatic carbocycles. The van der Waals surface area contributed by atoms with E-state index in [1.807, 2.05) is 0 Å². The Balaban J connectivity index is 2.13. The Hall–Kier alpha value is -0.460. The molecule has 0 heterocycles. The van der Waals surface area contributed by atoms with Gasteiger partial charge in [0.05, 0.1) is 0 Å². The number of nitrogens with two attached hydrogens (primary N) is 1. The monoisotopic (exact) mass is 139 g/mol. The molecule has 1 heteroatoms.